The monoisotopic (exact) mass is 428 g/mol. The van der Waals surface area contributed by atoms with Gasteiger partial charge in [0.05, 0.1) is 6.54 Å². The quantitative estimate of drug-likeness (QED) is 0.662. The molecule has 3 aromatic rings. The van der Waals surface area contributed by atoms with Crippen molar-refractivity contribution in [2.75, 3.05) is 29.9 Å². The summed E-state index contributed by atoms with van der Waals surface area (Å²) >= 11 is 0. The molecule has 7 nitrogen and oxygen atoms in total. The Balaban J connectivity index is 1.61. The van der Waals surface area contributed by atoms with Crippen LogP contribution in [0.15, 0.2) is 48.8 Å². The third kappa shape index (κ3) is 4.90. The number of aryl methyl sites for hydroxylation is 1. The summed E-state index contributed by atoms with van der Waals surface area (Å²) in [5, 5.41) is 5.63. The summed E-state index contributed by atoms with van der Waals surface area (Å²) in [5.74, 6) is 0.493. The Bertz CT molecular complexity index is 1120. The molecule has 0 saturated carbocycles. The van der Waals surface area contributed by atoms with Crippen LogP contribution >= 0.6 is 0 Å². The lowest BCUT2D eigenvalue weighted by atomic mass is 10.0. The molecule has 1 saturated heterocycles. The minimum atomic E-state index is -4.55. The van der Waals surface area contributed by atoms with Crippen LogP contribution in [0.3, 0.4) is 0 Å². The summed E-state index contributed by atoms with van der Waals surface area (Å²) < 4.78 is 38.8. The zero-order valence-electron chi connectivity index (χ0n) is 16.6. The van der Waals surface area contributed by atoms with Crippen LogP contribution < -0.4 is 15.5 Å². The molecule has 3 heterocycles. The van der Waals surface area contributed by atoms with Crippen LogP contribution in [0.25, 0.3) is 11.1 Å². The summed E-state index contributed by atoms with van der Waals surface area (Å²) in [6.07, 6.45) is -1.81. The number of carbonyl (C=O) groups excluding carboxylic acids is 1. The van der Waals surface area contributed by atoms with Gasteiger partial charge in [0.2, 0.25) is 11.9 Å². The minimum Gasteiger partial charge on any atom is -0.353 e. The molecule has 2 aromatic heterocycles. The smallest absolute Gasteiger partial charge is 0.353 e. The maximum absolute atomic E-state index is 12.9. The molecule has 0 radical (unpaired) electrons. The zero-order valence-corrected chi connectivity index (χ0v) is 16.6. The fraction of sp³-hybridized carbons (Fsp3) is 0.238. The van der Waals surface area contributed by atoms with E-state index in [1.54, 1.807) is 18.3 Å². The molecule has 2 N–H and O–H groups in total. The number of pyridine rings is 1. The number of nitrogens with one attached hydrogen (secondary N) is 2. The fourth-order valence-corrected chi connectivity index (χ4v) is 3.33. The average Bonchev–Trinajstić information content (AvgIpc) is 2.73. The molecule has 160 valence electrons. The third-order valence-electron chi connectivity index (χ3n) is 4.72. The highest BCUT2D eigenvalue weighted by atomic mass is 19.4. The summed E-state index contributed by atoms with van der Waals surface area (Å²) in [5.41, 5.74) is 2.17. The minimum absolute atomic E-state index is 0.0541. The molecular weight excluding hydrogens is 409 g/mol. The van der Waals surface area contributed by atoms with Crippen LogP contribution in [-0.2, 0) is 11.0 Å². The molecule has 1 aliphatic rings. The van der Waals surface area contributed by atoms with Gasteiger partial charge in [0.15, 0.2) is 0 Å². The van der Waals surface area contributed by atoms with E-state index in [0.29, 0.717) is 24.6 Å². The molecule has 0 atom stereocenters. The summed E-state index contributed by atoms with van der Waals surface area (Å²) in [7, 11) is 0. The van der Waals surface area contributed by atoms with Crippen molar-refractivity contribution in [1.82, 2.24) is 20.3 Å². The van der Waals surface area contributed by atoms with Crippen LogP contribution in [-0.4, -0.2) is 40.5 Å². The summed E-state index contributed by atoms with van der Waals surface area (Å²) in [6, 6.07) is 10.1. The zero-order chi connectivity index (χ0) is 22.0. The van der Waals surface area contributed by atoms with E-state index in [1.807, 2.05) is 30.0 Å². The van der Waals surface area contributed by atoms with Gasteiger partial charge in [0, 0.05) is 31.2 Å². The highest BCUT2D eigenvalue weighted by molar-refractivity contribution is 5.82. The van der Waals surface area contributed by atoms with Crippen molar-refractivity contribution in [3.63, 3.8) is 0 Å². The van der Waals surface area contributed by atoms with Crippen LogP contribution in [0.1, 0.15) is 11.3 Å². The molecule has 1 fully saturated rings. The number of aromatic nitrogens is 3. The number of piperazine rings is 1. The van der Waals surface area contributed by atoms with Gasteiger partial charge in [-0.15, -0.1) is 0 Å². The lowest BCUT2D eigenvalue weighted by Gasteiger charge is -2.27. The van der Waals surface area contributed by atoms with Crippen molar-refractivity contribution in [3.05, 3.63) is 60.0 Å². The van der Waals surface area contributed by atoms with Crippen molar-refractivity contribution in [3.8, 4) is 11.1 Å². The van der Waals surface area contributed by atoms with E-state index in [-0.39, 0.29) is 18.4 Å². The van der Waals surface area contributed by atoms with E-state index in [2.05, 4.69) is 25.6 Å². The predicted molar refractivity (Wildman–Crippen MR) is 110 cm³/mol. The Hall–Kier alpha value is -3.69. The van der Waals surface area contributed by atoms with Crippen LogP contribution in [0.5, 0.6) is 0 Å². The Morgan fingerprint density at radius 2 is 1.87 bits per heavy atom. The van der Waals surface area contributed by atoms with E-state index in [0.717, 1.165) is 29.0 Å². The predicted octanol–water partition coefficient (Wildman–Crippen LogP) is 3.55. The topological polar surface area (TPSA) is 83.0 Å². The molecule has 1 amide bonds. The SMILES string of the molecule is Cc1cc(Nc2nccc(C(F)(F)F)n2)cc(-c2ccnc(N3CCNC(=O)C3)c2)c1. The molecule has 1 aromatic carbocycles. The number of carbonyl (C=O) groups is 1. The lowest BCUT2D eigenvalue weighted by molar-refractivity contribution is -0.141. The lowest BCUT2D eigenvalue weighted by Crippen LogP contribution is -2.48. The molecule has 31 heavy (non-hydrogen) atoms. The van der Waals surface area contributed by atoms with Crippen LogP contribution in [0.2, 0.25) is 0 Å². The molecule has 4 rings (SSSR count). The number of alkyl halides is 3. The first-order valence-corrected chi connectivity index (χ1v) is 9.55. The van der Waals surface area contributed by atoms with Gasteiger partial charge in [-0.05, 0) is 53.9 Å². The van der Waals surface area contributed by atoms with E-state index in [4.69, 9.17) is 0 Å². The number of hydrogen-bond donors (Lipinski definition) is 2. The van der Waals surface area contributed by atoms with Gasteiger partial charge in [-0.3, -0.25) is 4.79 Å². The van der Waals surface area contributed by atoms with Gasteiger partial charge in [-0.25, -0.2) is 15.0 Å². The van der Waals surface area contributed by atoms with Gasteiger partial charge < -0.3 is 15.5 Å². The maximum atomic E-state index is 12.9. The molecule has 10 heteroatoms. The summed E-state index contributed by atoms with van der Waals surface area (Å²) in [4.78, 5) is 25.4. The van der Waals surface area contributed by atoms with Gasteiger partial charge in [0.1, 0.15) is 11.5 Å². The Morgan fingerprint density at radius 1 is 1.06 bits per heavy atom. The molecular formula is C21H19F3N6O. The first-order chi connectivity index (χ1) is 14.8. The Labute approximate surface area is 176 Å². The third-order valence-corrected chi connectivity index (χ3v) is 4.72. The van der Waals surface area contributed by atoms with Gasteiger partial charge in [0.25, 0.3) is 0 Å². The van der Waals surface area contributed by atoms with Gasteiger partial charge in [-0.1, -0.05) is 6.07 Å². The van der Waals surface area contributed by atoms with E-state index in [9.17, 15) is 18.0 Å². The van der Waals surface area contributed by atoms with E-state index < -0.39 is 11.9 Å². The molecule has 0 aliphatic carbocycles. The molecule has 0 spiro atoms. The normalized spacial score (nSPS) is 14.3. The van der Waals surface area contributed by atoms with Crippen molar-refractivity contribution < 1.29 is 18.0 Å². The number of anilines is 3. The first-order valence-electron chi connectivity index (χ1n) is 9.55. The maximum Gasteiger partial charge on any atom is 0.433 e. The number of hydrogen-bond acceptors (Lipinski definition) is 6. The van der Waals surface area contributed by atoms with E-state index >= 15 is 0 Å². The van der Waals surface area contributed by atoms with E-state index in [1.165, 1.54) is 0 Å². The number of halogens is 3. The molecule has 1 aliphatic heterocycles. The number of rotatable bonds is 4. The Morgan fingerprint density at radius 3 is 2.65 bits per heavy atom. The van der Waals surface area contributed by atoms with Crippen molar-refractivity contribution >= 4 is 23.4 Å². The van der Waals surface area contributed by atoms with Crippen molar-refractivity contribution in [1.29, 1.82) is 0 Å². The summed E-state index contributed by atoms with van der Waals surface area (Å²) in [6.45, 7) is 3.35. The van der Waals surface area contributed by atoms with Crippen LogP contribution in [0.4, 0.5) is 30.6 Å². The van der Waals surface area contributed by atoms with Crippen LogP contribution in [0, 0.1) is 6.92 Å². The highest BCUT2D eigenvalue weighted by Gasteiger charge is 2.32. The van der Waals surface area contributed by atoms with Crippen molar-refractivity contribution in [2.45, 2.75) is 13.1 Å². The molecule has 0 unspecified atom stereocenters. The second-order valence-corrected chi connectivity index (χ2v) is 7.15. The Kier molecular flexibility index (Phi) is 5.45. The number of nitrogens with zero attached hydrogens (tertiary/aromatic N) is 4. The second kappa shape index (κ2) is 8.21. The fourth-order valence-electron chi connectivity index (χ4n) is 3.33. The van der Waals surface area contributed by atoms with Crippen molar-refractivity contribution in [2.24, 2.45) is 0 Å². The first kappa shape index (κ1) is 20.6. The largest absolute Gasteiger partial charge is 0.433 e. The van der Waals surface area contributed by atoms with Gasteiger partial charge in [-0.2, -0.15) is 13.2 Å². The highest BCUT2D eigenvalue weighted by Crippen LogP contribution is 2.30. The van der Waals surface area contributed by atoms with Gasteiger partial charge >= 0.3 is 6.18 Å². The number of amides is 1. The number of benzene rings is 1. The average molecular weight is 428 g/mol. The standard InChI is InChI=1S/C21H19F3N6O/c1-13-8-15(14-2-4-25-18(11-14)30-7-6-26-19(31)12-30)10-16(9-13)28-20-27-5-3-17(29-20)21(22,23)24/h2-5,8-11H,6-7,12H2,1H3,(H,26,31)(H,27,28,29). The second-order valence-electron chi connectivity index (χ2n) is 7.15. The molecule has 0 bridgehead atoms.